The summed E-state index contributed by atoms with van der Waals surface area (Å²) in [5.41, 5.74) is 18.0. The van der Waals surface area contributed by atoms with Crippen LogP contribution in [0.3, 0.4) is 0 Å². The van der Waals surface area contributed by atoms with Crippen LogP contribution in [0, 0.1) is 22.9 Å². The normalized spacial score (nSPS) is 12.2. The molecule has 0 saturated carbocycles. The Balaban J connectivity index is 1.22. The Morgan fingerprint density at radius 2 is 0.794 bits per heavy atom. The standard InChI is InChI=1S/C60H56N2S4Si2/c1-9-67(10-2,11-3)35-31-47-55-45-25-19-39-37-41(49-27-29-53(65-49)51-17-15-33-63-51)21-23-43(39)57(45)62(8)60(55)48(32-36-68(12-4,13-5)14-6)56-46-26-20-40-38-42(22-24-44(40)58(46)61(7)59(47)56)50-28-30-54(66-50)52-18-16-34-64-52/h15-30,33-34,37-38H,9-14H2,1-8H3. The lowest BCUT2D eigenvalue weighted by molar-refractivity contribution is 1.01. The predicted molar refractivity (Wildman–Crippen MR) is 311 cm³/mol. The third-order valence-corrected chi connectivity index (χ3v) is 29.4. The molecule has 6 aromatic heterocycles. The summed E-state index contributed by atoms with van der Waals surface area (Å²) >= 11 is 7.36. The molecule has 11 rings (SSSR count). The first kappa shape index (κ1) is 45.0. The van der Waals surface area contributed by atoms with E-state index in [-0.39, 0.29) is 0 Å². The first-order valence-corrected chi connectivity index (χ1v) is 33.0. The van der Waals surface area contributed by atoms with Crippen LogP contribution in [0.5, 0.6) is 0 Å². The van der Waals surface area contributed by atoms with Gasteiger partial charge in [-0.2, -0.15) is 0 Å². The monoisotopic (exact) mass is 988 g/mol. The van der Waals surface area contributed by atoms with Gasteiger partial charge in [0.2, 0.25) is 0 Å². The van der Waals surface area contributed by atoms with E-state index in [1.54, 1.807) is 22.7 Å². The van der Waals surface area contributed by atoms with Crippen LogP contribution >= 0.6 is 45.3 Å². The highest BCUT2D eigenvalue weighted by Crippen LogP contribution is 2.47. The van der Waals surface area contributed by atoms with Crippen molar-refractivity contribution in [1.82, 2.24) is 9.13 Å². The van der Waals surface area contributed by atoms with Crippen LogP contribution in [0.4, 0.5) is 0 Å². The second-order valence-corrected chi connectivity index (χ2v) is 32.5. The van der Waals surface area contributed by atoms with Crippen molar-refractivity contribution >= 4 is 127 Å². The largest absolute Gasteiger partial charge is 0.342 e. The van der Waals surface area contributed by atoms with Crippen molar-refractivity contribution in [2.45, 2.75) is 77.8 Å². The highest BCUT2D eigenvalue weighted by Gasteiger charge is 2.29. The van der Waals surface area contributed by atoms with E-state index in [1.807, 2.05) is 22.7 Å². The molecule has 5 aromatic carbocycles. The molecule has 6 heterocycles. The molecule has 0 aliphatic carbocycles. The molecule has 11 aromatic rings. The number of aryl methyl sites for hydroxylation is 2. The Bertz CT molecular complexity index is 3590. The van der Waals surface area contributed by atoms with E-state index >= 15 is 0 Å². The quantitative estimate of drug-likeness (QED) is 0.0955. The van der Waals surface area contributed by atoms with Crippen LogP contribution in [0.2, 0.25) is 36.3 Å². The predicted octanol–water partition coefficient (Wildman–Crippen LogP) is 19.0. The third kappa shape index (κ3) is 7.22. The average Bonchev–Trinajstić information content (AvgIpc) is 4.25. The zero-order chi connectivity index (χ0) is 46.9. The molecule has 338 valence electrons. The van der Waals surface area contributed by atoms with Gasteiger partial charge in [-0.1, -0.05) is 114 Å². The third-order valence-electron chi connectivity index (χ3n) is 15.6. The van der Waals surface area contributed by atoms with Crippen LogP contribution in [0.15, 0.2) is 120 Å². The number of aromatic nitrogens is 2. The van der Waals surface area contributed by atoms with Crippen LogP contribution < -0.4 is 0 Å². The van der Waals surface area contributed by atoms with Crippen LogP contribution in [0.1, 0.15) is 52.7 Å². The molecule has 0 bridgehead atoms. The van der Waals surface area contributed by atoms with Gasteiger partial charge in [-0.15, -0.1) is 56.4 Å². The van der Waals surface area contributed by atoms with Gasteiger partial charge in [0.1, 0.15) is 16.1 Å². The van der Waals surface area contributed by atoms with Gasteiger partial charge < -0.3 is 9.13 Å². The van der Waals surface area contributed by atoms with E-state index in [4.69, 9.17) is 0 Å². The minimum atomic E-state index is -1.85. The maximum Gasteiger partial charge on any atom is 0.138 e. The average molecular weight is 990 g/mol. The molecule has 0 aliphatic rings. The Hall–Kier alpha value is -5.43. The Morgan fingerprint density at radius 3 is 1.16 bits per heavy atom. The Morgan fingerprint density at radius 1 is 0.412 bits per heavy atom. The second kappa shape index (κ2) is 17.8. The first-order chi connectivity index (χ1) is 33.2. The lowest BCUT2D eigenvalue weighted by Gasteiger charge is -2.20. The summed E-state index contributed by atoms with van der Waals surface area (Å²) in [7, 11) is 0.882. The molecule has 0 fully saturated rings. The SMILES string of the molecule is CC[Si](C#Cc1c2c3ccc4cc(-c5ccc(-c6cccs6)s5)ccc4c3n(C)c2c(C#C[Si](CC)(CC)CC)c2c3ccc4cc(-c5ccc(-c6cccs6)s5)ccc4c3n(C)c12)(CC)CC. The van der Waals surface area contributed by atoms with Crippen molar-refractivity contribution < 1.29 is 0 Å². The number of nitrogens with zero attached hydrogens (tertiary/aromatic N) is 2. The van der Waals surface area contributed by atoms with Gasteiger partial charge in [0.05, 0.1) is 33.2 Å². The van der Waals surface area contributed by atoms with Gasteiger partial charge >= 0.3 is 0 Å². The smallest absolute Gasteiger partial charge is 0.138 e. The number of hydrogen-bond donors (Lipinski definition) is 0. The zero-order valence-electron chi connectivity index (χ0n) is 40.3. The van der Waals surface area contributed by atoms with Crippen LogP contribution in [-0.2, 0) is 14.1 Å². The van der Waals surface area contributed by atoms with E-state index in [0.29, 0.717) is 0 Å². The molecule has 0 aliphatic heterocycles. The second-order valence-electron chi connectivity index (χ2n) is 18.6. The lowest BCUT2D eigenvalue weighted by atomic mass is 9.95. The number of hydrogen-bond acceptors (Lipinski definition) is 4. The Kier molecular flexibility index (Phi) is 11.8. The molecule has 68 heavy (non-hydrogen) atoms. The van der Waals surface area contributed by atoms with Gasteiger partial charge in [-0.3, -0.25) is 0 Å². The van der Waals surface area contributed by atoms with Gasteiger partial charge in [-0.25, -0.2) is 0 Å². The molecule has 0 spiro atoms. The van der Waals surface area contributed by atoms with Crippen molar-refractivity contribution in [2.24, 2.45) is 14.1 Å². The maximum atomic E-state index is 4.12. The number of rotatable bonds is 10. The number of fused-ring (bicyclic) bond motifs is 10. The van der Waals surface area contributed by atoms with Crippen molar-refractivity contribution in [1.29, 1.82) is 0 Å². The van der Waals surface area contributed by atoms with Gasteiger partial charge in [0.15, 0.2) is 0 Å². The fourth-order valence-electron chi connectivity index (χ4n) is 11.0. The molecular formula is C60H56N2S4Si2. The molecule has 0 saturated heterocycles. The zero-order valence-corrected chi connectivity index (χ0v) is 45.6. The molecule has 8 heteroatoms. The van der Waals surface area contributed by atoms with E-state index < -0.39 is 16.1 Å². The van der Waals surface area contributed by atoms with Crippen molar-refractivity contribution in [3.63, 3.8) is 0 Å². The van der Waals surface area contributed by atoms with Crippen LogP contribution in [-0.4, -0.2) is 25.3 Å². The van der Waals surface area contributed by atoms with Crippen molar-refractivity contribution in [3.05, 3.63) is 131 Å². The highest BCUT2D eigenvalue weighted by molar-refractivity contribution is 7.23. The summed E-state index contributed by atoms with van der Waals surface area (Å²) in [4.78, 5) is 7.89. The summed E-state index contributed by atoms with van der Waals surface area (Å²) in [6.45, 7) is 14.2. The number of benzene rings is 5. The topological polar surface area (TPSA) is 9.86 Å². The maximum absolute atomic E-state index is 4.12. The molecule has 2 nitrogen and oxygen atoms in total. The van der Waals surface area contributed by atoms with Gasteiger partial charge in [0, 0.05) is 75.7 Å². The molecule has 0 unspecified atom stereocenters. The summed E-state index contributed by atoms with van der Waals surface area (Å²) in [5.74, 6) is 8.18. The van der Waals surface area contributed by atoms with Gasteiger partial charge in [0.25, 0.3) is 0 Å². The van der Waals surface area contributed by atoms with Gasteiger partial charge in [-0.05, 0) is 117 Å². The minimum absolute atomic E-state index is 1.15. The number of thiophene rings is 4. The van der Waals surface area contributed by atoms with E-state index in [9.17, 15) is 0 Å². The molecule has 0 amide bonds. The van der Waals surface area contributed by atoms with Crippen molar-refractivity contribution in [3.8, 4) is 63.3 Å². The fourth-order valence-corrected chi connectivity index (χ4v) is 19.5. The molecule has 0 N–H and O–H groups in total. The minimum Gasteiger partial charge on any atom is -0.342 e. The summed E-state index contributed by atoms with van der Waals surface area (Å²) in [5, 5.41) is 14.4. The molecular weight excluding hydrogens is 933 g/mol. The van der Waals surface area contributed by atoms with E-state index in [1.165, 1.54) is 106 Å². The van der Waals surface area contributed by atoms with Crippen LogP contribution in [0.25, 0.3) is 106 Å². The highest BCUT2D eigenvalue weighted by atomic mass is 32.1. The molecule has 0 atom stereocenters. The summed E-state index contributed by atoms with van der Waals surface area (Å²) in [6.07, 6.45) is 0. The van der Waals surface area contributed by atoms with E-state index in [0.717, 1.165) is 47.4 Å². The summed E-state index contributed by atoms with van der Waals surface area (Å²) in [6, 6.07) is 48.5. The summed E-state index contributed by atoms with van der Waals surface area (Å²) < 4.78 is 4.99. The van der Waals surface area contributed by atoms with E-state index in [2.05, 4.69) is 208 Å². The molecule has 0 radical (unpaired) electrons. The fraction of sp³-hybridized carbons (Fsp3) is 0.233. The van der Waals surface area contributed by atoms with Crippen molar-refractivity contribution in [2.75, 3.05) is 0 Å². The first-order valence-electron chi connectivity index (χ1n) is 24.4. The lowest BCUT2D eigenvalue weighted by Crippen LogP contribution is -2.29. The Labute approximate surface area is 418 Å².